The first kappa shape index (κ1) is 27.4. The molecule has 0 saturated carbocycles. The number of benzene rings is 4. The van der Waals surface area contributed by atoms with Gasteiger partial charge in [-0.15, -0.1) is 0 Å². The minimum absolute atomic E-state index is 0.129. The number of carbonyl (C=O) groups is 1. The molecule has 0 radical (unpaired) electrons. The zero-order chi connectivity index (χ0) is 27.3. The van der Waals surface area contributed by atoms with Crippen molar-refractivity contribution in [1.82, 2.24) is 0 Å². The van der Waals surface area contributed by atoms with Gasteiger partial charge >= 0.3 is 5.97 Å². The van der Waals surface area contributed by atoms with E-state index < -0.39 is 16.0 Å². The van der Waals surface area contributed by atoms with Crippen LogP contribution in [0.15, 0.2) is 94.7 Å². The number of carbonyl (C=O) groups excluding carboxylic acids is 1. The minimum atomic E-state index is -3.81. The maximum Gasteiger partial charge on any atom is 0.340 e. The Morgan fingerprint density at radius 1 is 0.816 bits per heavy atom. The molecule has 196 valence electrons. The first-order chi connectivity index (χ1) is 18.1. The fourth-order valence-corrected chi connectivity index (χ4v) is 5.41. The van der Waals surface area contributed by atoms with Gasteiger partial charge in [-0.1, -0.05) is 47.0 Å². The van der Waals surface area contributed by atoms with Gasteiger partial charge in [0.15, 0.2) is 0 Å². The van der Waals surface area contributed by atoms with Crippen LogP contribution in [0, 0.1) is 13.8 Å². The number of methoxy groups -OCH3 is 1. The fourth-order valence-electron chi connectivity index (χ4n) is 3.37. The predicted octanol–water partition coefficient (Wildman–Crippen LogP) is 7.46. The molecule has 10 heteroatoms. The van der Waals surface area contributed by atoms with Gasteiger partial charge in [0.2, 0.25) is 0 Å². The Hall–Kier alpha value is -3.66. The highest BCUT2D eigenvalue weighted by Gasteiger charge is 2.17. The van der Waals surface area contributed by atoms with Crippen LogP contribution in [0.3, 0.4) is 0 Å². The van der Waals surface area contributed by atoms with Crippen molar-refractivity contribution in [2.45, 2.75) is 23.6 Å². The quantitative estimate of drug-likeness (QED) is 0.160. The number of aryl methyl sites for hydroxylation is 2. The third-order valence-electron chi connectivity index (χ3n) is 5.45. The summed E-state index contributed by atoms with van der Waals surface area (Å²) in [5, 5.41) is 0.152. The van der Waals surface area contributed by atoms with E-state index in [2.05, 4.69) is 9.44 Å². The summed E-state index contributed by atoms with van der Waals surface area (Å²) in [5.41, 5.74) is 3.17. The predicted molar refractivity (Wildman–Crippen MR) is 152 cm³/mol. The maximum atomic E-state index is 12.7. The summed E-state index contributed by atoms with van der Waals surface area (Å²) in [6.45, 7) is 3.89. The molecule has 4 aromatic rings. The molecule has 0 aliphatic rings. The van der Waals surface area contributed by atoms with E-state index in [9.17, 15) is 13.2 Å². The summed E-state index contributed by atoms with van der Waals surface area (Å²) in [5.74, 6) is 0.209. The normalized spacial score (nSPS) is 11.1. The lowest BCUT2D eigenvalue weighted by Crippen LogP contribution is -2.13. The number of hydrogen-bond donors (Lipinski definition) is 2. The molecule has 0 spiro atoms. The number of ether oxygens (including phenoxy) is 2. The second-order valence-electron chi connectivity index (χ2n) is 8.38. The van der Waals surface area contributed by atoms with Crippen molar-refractivity contribution in [3.8, 4) is 11.5 Å². The van der Waals surface area contributed by atoms with Gasteiger partial charge in [-0.3, -0.25) is 4.72 Å². The Balaban J connectivity index is 1.50. The van der Waals surface area contributed by atoms with E-state index in [0.717, 1.165) is 16.0 Å². The standard InChI is InChI=1S/C28H25ClN2O5S2/c1-18-4-10-22(11-5-18)37-30-26-14-8-20(16-24(26)28(32)35-3)36-21-9-15-27(25(29)17-21)31-38(33,34)23-12-6-19(2)7-13-23/h4-17,30-31H,1-3H3. The second kappa shape index (κ2) is 11.8. The lowest BCUT2D eigenvalue weighted by atomic mass is 10.1. The molecule has 0 amide bonds. The van der Waals surface area contributed by atoms with E-state index in [1.807, 2.05) is 38.1 Å². The molecule has 0 aromatic heterocycles. The van der Waals surface area contributed by atoms with Crippen molar-refractivity contribution >= 4 is 50.9 Å². The molecule has 0 bridgehead atoms. The summed E-state index contributed by atoms with van der Waals surface area (Å²) in [6, 6.07) is 24.0. The molecule has 0 unspecified atom stereocenters. The average Bonchev–Trinajstić information content (AvgIpc) is 2.90. The molecular formula is C28H25ClN2O5S2. The van der Waals surface area contributed by atoms with Gasteiger partial charge in [-0.05, 0) is 80.4 Å². The number of halogens is 1. The molecule has 38 heavy (non-hydrogen) atoms. The van der Waals surface area contributed by atoms with Crippen LogP contribution in [0.4, 0.5) is 11.4 Å². The lowest BCUT2D eigenvalue weighted by Gasteiger charge is -2.14. The maximum absolute atomic E-state index is 12.7. The Morgan fingerprint density at radius 2 is 1.39 bits per heavy atom. The number of hydrogen-bond acceptors (Lipinski definition) is 7. The summed E-state index contributed by atoms with van der Waals surface area (Å²) < 4.78 is 41.9. The molecule has 4 aromatic carbocycles. The highest BCUT2D eigenvalue weighted by molar-refractivity contribution is 8.00. The zero-order valence-corrected chi connectivity index (χ0v) is 23.2. The SMILES string of the molecule is COC(=O)c1cc(Oc2ccc(NS(=O)(=O)c3ccc(C)cc3)c(Cl)c2)ccc1NSc1ccc(C)cc1. The molecule has 0 atom stereocenters. The average molecular weight is 569 g/mol. The van der Waals surface area contributed by atoms with Gasteiger partial charge in [0.1, 0.15) is 11.5 Å². The Bertz CT molecular complexity index is 1560. The molecule has 0 fully saturated rings. The van der Waals surface area contributed by atoms with Crippen molar-refractivity contribution in [3.05, 3.63) is 107 Å². The van der Waals surface area contributed by atoms with Gasteiger partial charge in [0.05, 0.1) is 34.0 Å². The largest absolute Gasteiger partial charge is 0.465 e. The van der Waals surface area contributed by atoms with Crippen LogP contribution < -0.4 is 14.2 Å². The highest BCUT2D eigenvalue weighted by atomic mass is 35.5. The number of nitrogens with one attached hydrogen (secondary N) is 2. The number of rotatable bonds is 9. The van der Waals surface area contributed by atoms with Gasteiger partial charge in [-0.25, -0.2) is 13.2 Å². The van der Waals surface area contributed by atoms with Crippen LogP contribution in [0.1, 0.15) is 21.5 Å². The van der Waals surface area contributed by atoms with Crippen molar-refractivity contribution < 1.29 is 22.7 Å². The molecule has 0 saturated heterocycles. The van der Waals surface area contributed by atoms with Gasteiger partial charge in [0, 0.05) is 11.0 Å². The Morgan fingerprint density at radius 3 is 2.00 bits per heavy atom. The molecule has 4 rings (SSSR count). The number of anilines is 2. The van der Waals surface area contributed by atoms with Crippen LogP contribution >= 0.6 is 23.5 Å². The zero-order valence-electron chi connectivity index (χ0n) is 20.8. The van der Waals surface area contributed by atoms with E-state index in [1.54, 1.807) is 36.4 Å². The van der Waals surface area contributed by atoms with Gasteiger partial charge in [-0.2, -0.15) is 0 Å². The van der Waals surface area contributed by atoms with E-state index in [1.165, 1.54) is 43.3 Å². The minimum Gasteiger partial charge on any atom is -0.465 e. The van der Waals surface area contributed by atoms with Crippen LogP contribution in [-0.4, -0.2) is 21.5 Å². The van der Waals surface area contributed by atoms with E-state index >= 15 is 0 Å². The molecule has 0 aliphatic carbocycles. The molecule has 0 aliphatic heterocycles. The van der Waals surface area contributed by atoms with Gasteiger partial charge in [0.25, 0.3) is 10.0 Å². The van der Waals surface area contributed by atoms with Crippen molar-refractivity contribution in [2.75, 3.05) is 16.6 Å². The van der Waals surface area contributed by atoms with Crippen LogP contribution in [0.25, 0.3) is 0 Å². The molecule has 0 heterocycles. The summed E-state index contributed by atoms with van der Waals surface area (Å²) in [6.07, 6.45) is 0. The summed E-state index contributed by atoms with van der Waals surface area (Å²) in [4.78, 5) is 13.6. The van der Waals surface area contributed by atoms with E-state index in [-0.39, 0.29) is 21.2 Å². The summed E-state index contributed by atoms with van der Waals surface area (Å²) in [7, 11) is -2.50. The number of sulfonamides is 1. The Kier molecular flexibility index (Phi) is 8.51. The highest BCUT2D eigenvalue weighted by Crippen LogP contribution is 2.33. The van der Waals surface area contributed by atoms with Crippen LogP contribution in [0.5, 0.6) is 11.5 Å². The summed E-state index contributed by atoms with van der Waals surface area (Å²) >= 11 is 7.73. The van der Waals surface area contributed by atoms with Crippen molar-refractivity contribution in [2.24, 2.45) is 0 Å². The molecule has 7 nitrogen and oxygen atoms in total. The van der Waals surface area contributed by atoms with Crippen molar-refractivity contribution in [1.29, 1.82) is 0 Å². The monoisotopic (exact) mass is 568 g/mol. The van der Waals surface area contributed by atoms with Crippen LogP contribution in [-0.2, 0) is 14.8 Å². The Labute approximate surface area is 231 Å². The third kappa shape index (κ3) is 6.80. The first-order valence-corrected chi connectivity index (χ1v) is 14.1. The molecular weight excluding hydrogens is 544 g/mol. The lowest BCUT2D eigenvalue weighted by molar-refractivity contribution is 0.0601. The van der Waals surface area contributed by atoms with E-state index in [0.29, 0.717) is 17.2 Å². The van der Waals surface area contributed by atoms with Crippen molar-refractivity contribution in [3.63, 3.8) is 0 Å². The third-order valence-corrected chi connectivity index (χ3v) is 7.97. The van der Waals surface area contributed by atoms with E-state index in [4.69, 9.17) is 21.1 Å². The smallest absolute Gasteiger partial charge is 0.340 e. The second-order valence-corrected chi connectivity index (χ2v) is 11.3. The first-order valence-electron chi connectivity index (χ1n) is 11.4. The van der Waals surface area contributed by atoms with Crippen LogP contribution in [0.2, 0.25) is 5.02 Å². The topological polar surface area (TPSA) is 93.7 Å². The number of esters is 1. The molecule has 2 N–H and O–H groups in total. The van der Waals surface area contributed by atoms with Gasteiger partial charge < -0.3 is 14.2 Å². The fraction of sp³-hybridized carbons (Fsp3) is 0.107.